The Hall–Kier alpha value is -0.300. The third-order valence-electron chi connectivity index (χ3n) is 12.1. The van der Waals surface area contributed by atoms with Gasteiger partial charge in [0.2, 0.25) is 0 Å². The third-order valence-corrected chi connectivity index (χ3v) is 12.1. The predicted octanol–water partition coefficient (Wildman–Crippen LogP) is 8.81. The molecule has 0 aromatic rings. The molecule has 2 unspecified atom stereocenters. The molecule has 0 radical (unpaired) electrons. The maximum atomic E-state index is 11.1. The van der Waals surface area contributed by atoms with Crippen LogP contribution in [0.2, 0.25) is 0 Å². The number of hydrogen-bond donors (Lipinski definition) is 1. The van der Waals surface area contributed by atoms with Gasteiger partial charge in [0.25, 0.3) is 0 Å². The van der Waals surface area contributed by atoms with Crippen LogP contribution >= 0.6 is 0 Å². The Morgan fingerprint density at radius 2 is 1.56 bits per heavy atom. The molecule has 0 spiro atoms. The highest BCUT2D eigenvalue weighted by molar-refractivity contribution is 5.29. The largest absolute Gasteiger partial charge is 0.393 e. The first-order chi connectivity index (χ1) is 15.1. The van der Waals surface area contributed by atoms with Gasteiger partial charge in [-0.25, -0.2) is 0 Å². The summed E-state index contributed by atoms with van der Waals surface area (Å²) in [7, 11) is 0. The lowest BCUT2D eigenvalue weighted by atomic mass is 9.42. The van der Waals surface area contributed by atoms with Crippen molar-refractivity contribution in [3.05, 3.63) is 11.6 Å². The minimum absolute atomic E-state index is 0.0954. The second-order valence-electron chi connectivity index (χ2n) is 13.6. The Bertz CT molecular complexity index is 687. The fourth-order valence-electron chi connectivity index (χ4n) is 10.2. The SMILES string of the molecule is CCC1(CC)C2CC=C3[C@@H]4CC[C@H](C(C)CCCC(C)C)[C@@]4(C)CC[C@@H]3[C@@]2(C)CC[C@@H]1O. The van der Waals surface area contributed by atoms with Gasteiger partial charge in [-0.1, -0.05) is 79.4 Å². The molecule has 3 fully saturated rings. The number of fused-ring (bicyclic) bond motifs is 5. The van der Waals surface area contributed by atoms with E-state index in [1.165, 1.54) is 57.8 Å². The van der Waals surface area contributed by atoms with Crippen molar-refractivity contribution in [2.45, 2.75) is 132 Å². The van der Waals surface area contributed by atoms with E-state index >= 15 is 0 Å². The predicted molar refractivity (Wildman–Crippen MR) is 137 cm³/mol. The number of aliphatic hydroxyl groups is 1. The first kappa shape index (κ1) is 24.8. The molecule has 8 atom stereocenters. The third kappa shape index (κ3) is 3.67. The summed E-state index contributed by atoms with van der Waals surface area (Å²) < 4.78 is 0. The quantitative estimate of drug-likeness (QED) is 0.390. The second kappa shape index (κ2) is 9.05. The molecule has 0 aliphatic heterocycles. The van der Waals surface area contributed by atoms with Gasteiger partial charge in [-0.05, 0) is 110 Å². The van der Waals surface area contributed by atoms with Crippen molar-refractivity contribution in [1.82, 2.24) is 0 Å². The summed E-state index contributed by atoms with van der Waals surface area (Å²) in [5.41, 5.74) is 2.95. The van der Waals surface area contributed by atoms with Crippen LogP contribution in [0.25, 0.3) is 0 Å². The van der Waals surface area contributed by atoms with Gasteiger partial charge in [-0.15, -0.1) is 0 Å². The average Bonchev–Trinajstić information content (AvgIpc) is 3.11. The highest BCUT2D eigenvalue weighted by Gasteiger charge is 2.62. The minimum atomic E-state index is -0.0954. The lowest BCUT2D eigenvalue weighted by Gasteiger charge is -2.63. The average molecular weight is 443 g/mol. The van der Waals surface area contributed by atoms with Crippen LogP contribution in [0.5, 0.6) is 0 Å². The zero-order valence-electron chi connectivity index (χ0n) is 22.6. The summed E-state index contributed by atoms with van der Waals surface area (Å²) in [6, 6.07) is 0. The standard InChI is InChI=1S/C31H54O/c1-8-31(9-2)27-16-13-23-25-15-14-24(22(5)12-10-11-21(3)4)29(25,6)19-17-26(23)30(27,7)20-18-28(31)32/h13,21-22,24-28,32H,8-12,14-20H2,1-7H3/t22?,24-,25+,26+,27?,28+,29-,30-/m1/s1. The maximum absolute atomic E-state index is 11.1. The van der Waals surface area contributed by atoms with Crippen LogP contribution in [0.3, 0.4) is 0 Å². The molecule has 0 bridgehead atoms. The molecule has 4 rings (SSSR count). The molecule has 184 valence electrons. The molecule has 32 heavy (non-hydrogen) atoms. The van der Waals surface area contributed by atoms with E-state index in [-0.39, 0.29) is 11.5 Å². The monoisotopic (exact) mass is 442 g/mol. The summed E-state index contributed by atoms with van der Waals surface area (Å²) in [5, 5.41) is 11.1. The van der Waals surface area contributed by atoms with Crippen LogP contribution in [0.1, 0.15) is 126 Å². The highest BCUT2D eigenvalue weighted by atomic mass is 16.3. The van der Waals surface area contributed by atoms with Crippen molar-refractivity contribution in [3.8, 4) is 0 Å². The summed E-state index contributed by atoms with van der Waals surface area (Å²) in [5.74, 6) is 4.92. The first-order valence-corrected chi connectivity index (χ1v) is 14.5. The van der Waals surface area contributed by atoms with E-state index in [2.05, 4.69) is 54.5 Å². The van der Waals surface area contributed by atoms with Crippen LogP contribution in [-0.4, -0.2) is 11.2 Å². The normalized spacial score (nSPS) is 43.9. The highest BCUT2D eigenvalue weighted by Crippen LogP contribution is 2.69. The Balaban J connectivity index is 1.57. The zero-order chi connectivity index (χ0) is 23.3. The summed E-state index contributed by atoms with van der Waals surface area (Å²) in [4.78, 5) is 0. The molecule has 0 amide bonds. The number of hydrogen-bond acceptors (Lipinski definition) is 1. The summed E-state index contributed by atoms with van der Waals surface area (Å²) in [6.07, 6.45) is 18.4. The number of rotatable bonds is 7. The van der Waals surface area contributed by atoms with E-state index in [0.29, 0.717) is 16.7 Å². The minimum Gasteiger partial charge on any atom is -0.393 e. The van der Waals surface area contributed by atoms with Crippen LogP contribution < -0.4 is 0 Å². The van der Waals surface area contributed by atoms with E-state index in [0.717, 1.165) is 48.9 Å². The van der Waals surface area contributed by atoms with E-state index in [1.54, 1.807) is 0 Å². The molecule has 0 saturated heterocycles. The molecule has 1 heteroatoms. The van der Waals surface area contributed by atoms with Crippen molar-refractivity contribution < 1.29 is 5.11 Å². The zero-order valence-corrected chi connectivity index (χ0v) is 22.6. The second-order valence-corrected chi connectivity index (χ2v) is 13.6. The van der Waals surface area contributed by atoms with Crippen molar-refractivity contribution in [2.75, 3.05) is 0 Å². The molecular weight excluding hydrogens is 388 g/mol. The van der Waals surface area contributed by atoms with Gasteiger partial charge in [0.1, 0.15) is 0 Å². The molecular formula is C31H54O. The molecule has 3 saturated carbocycles. The molecule has 0 aromatic carbocycles. The molecule has 4 aliphatic carbocycles. The smallest absolute Gasteiger partial charge is 0.0599 e. The van der Waals surface area contributed by atoms with E-state index in [4.69, 9.17) is 0 Å². The Labute approximate surface area is 200 Å². The maximum Gasteiger partial charge on any atom is 0.0599 e. The van der Waals surface area contributed by atoms with Crippen molar-refractivity contribution in [1.29, 1.82) is 0 Å². The first-order valence-electron chi connectivity index (χ1n) is 14.5. The van der Waals surface area contributed by atoms with Gasteiger partial charge < -0.3 is 5.11 Å². The number of aliphatic hydroxyl groups excluding tert-OH is 1. The molecule has 1 nitrogen and oxygen atoms in total. The summed E-state index contributed by atoms with van der Waals surface area (Å²) >= 11 is 0. The van der Waals surface area contributed by atoms with Crippen molar-refractivity contribution in [2.24, 2.45) is 51.8 Å². The van der Waals surface area contributed by atoms with Gasteiger partial charge >= 0.3 is 0 Å². The molecule has 0 aromatic heterocycles. The van der Waals surface area contributed by atoms with Crippen LogP contribution in [-0.2, 0) is 0 Å². The van der Waals surface area contributed by atoms with Crippen LogP contribution in [0.4, 0.5) is 0 Å². The van der Waals surface area contributed by atoms with Crippen LogP contribution in [0.15, 0.2) is 11.6 Å². The molecule has 0 heterocycles. The molecule has 4 aliphatic rings. The van der Waals surface area contributed by atoms with Crippen LogP contribution in [0, 0.1) is 51.8 Å². The van der Waals surface area contributed by atoms with Crippen molar-refractivity contribution in [3.63, 3.8) is 0 Å². The topological polar surface area (TPSA) is 20.2 Å². The van der Waals surface area contributed by atoms with E-state index in [1.807, 2.05) is 5.57 Å². The van der Waals surface area contributed by atoms with Gasteiger partial charge in [-0.2, -0.15) is 0 Å². The number of allylic oxidation sites excluding steroid dienone is 2. The van der Waals surface area contributed by atoms with Gasteiger partial charge in [0.15, 0.2) is 0 Å². The Kier molecular flexibility index (Phi) is 7.02. The molecule has 1 N–H and O–H groups in total. The Morgan fingerprint density at radius 3 is 2.22 bits per heavy atom. The fraction of sp³-hybridized carbons (Fsp3) is 0.935. The van der Waals surface area contributed by atoms with E-state index < -0.39 is 0 Å². The van der Waals surface area contributed by atoms with Gasteiger partial charge in [0.05, 0.1) is 6.10 Å². The Morgan fingerprint density at radius 1 is 0.906 bits per heavy atom. The summed E-state index contributed by atoms with van der Waals surface area (Å²) in [6.45, 7) is 17.3. The van der Waals surface area contributed by atoms with Gasteiger partial charge in [0, 0.05) is 0 Å². The van der Waals surface area contributed by atoms with Crippen molar-refractivity contribution >= 4 is 0 Å². The lowest BCUT2D eigenvalue weighted by molar-refractivity contribution is -0.145. The van der Waals surface area contributed by atoms with Gasteiger partial charge in [-0.3, -0.25) is 0 Å². The van der Waals surface area contributed by atoms with E-state index in [9.17, 15) is 5.11 Å². The lowest BCUT2D eigenvalue weighted by Crippen LogP contribution is -2.58. The fourth-order valence-corrected chi connectivity index (χ4v) is 10.2.